The Morgan fingerprint density at radius 3 is 2.72 bits per heavy atom. The zero-order chi connectivity index (χ0) is 13.0. The molecule has 1 aliphatic rings. The molecule has 1 saturated heterocycles. The molecule has 1 N–H and O–H groups in total. The van der Waals surface area contributed by atoms with Crippen molar-refractivity contribution in [1.82, 2.24) is 5.32 Å². The monoisotopic (exact) mass is 250 g/mol. The van der Waals surface area contributed by atoms with E-state index in [1.54, 1.807) is 12.1 Å². The van der Waals surface area contributed by atoms with Gasteiger partial charge in [-0.3, -0.25) is 10.1 Å². The van der Waals surface area contributed by atoms with Crippen LogP contribution in [0.4, 0.5) is 5.69 Å². The Balaban J connectivity index is 2.00. The summed E-state index contributed by atoms with van der Waals surface area (Å²) in [5, 5.41) is 13.9. The molecule has 0 radical (unpaired) electrons. The van der Waals surface area contributed by atoms with Crippen molar-refractivity contribution in [3.05, 3.63) is 39.9 Å². The standard InChI is InChI=1S/C13H18N2O3/c1-14-13(11-6-7-18-9-11)8-10-2-4-12(5-3-10)15(16)17/h2-5,11,13-14H,6-9H2,1H3. The predicted molar refractivity (Wildman–Crippen MR) is 68.6 cm³/mol. The molecule has 5 heteroatoms. The molecule has 1 aromatic carbocycles. The highest BCUT2D eigenvalue weighted by molar-refractivity contribution is 5.33. The van der Waals surface area contributed by atoms with Crippen LogP contribution in [0.15, 0.2) is 24.3 Å². The van der Waals surface area contributed by atoms with Crippen molar-refractivity contribution in [2.24, 2.45) is 5.92 Å². The van der Waals surface area contributed by atoms with Crippen molar-refractivity contribution < 1.29 is 9.66 Å². The van der Waals surface area contributed by atoms with Crippen LogP contribution in [-0.2, 0) is 11.2 Å². The van der Waals surface area contributed by atoms with E-state index in [1.165, 1.54) is 0 Å². The van der Waals surface area contributed by atoms with E-state index in [1.807, 2.05) is 19.2 Å². The van der Waals surface area contributed by atoms with Crippen LogP contribution in [0.5, 0.6) is 0 Å². The van der Waals surface area contributed by atoms with Gasteiger partial charge in [0.05, 0.1) is 11.5 Å². The summed E-state index contributed by atoms with van der Waals surface area (Å²) >= 11 is 0. The van der Waals surface area contributed by atoms with E-state index < -0.39 is 0 Å². The van der Waals surface area contributed by atoms with Crippen molar-refractivity contribution in [3.8, 4) is 0 Å². The average molecular weight is 250 g/mol. The highest BCUT2D eigenvalue weighted by Crippen LogP contribution is 2.20. The number of ether oxygens (including phenoxy) is 1. The van der Waals surface area contributed by atoms with Crippen LogP contribution in [0, 0.1) is 16.0 Å². The molecule has 2 rings (SSSR count). The highest BCUT2D eigenvalue weighted by atomic mass is 16.6. The first-order valence-electron chi connectivity index (χ1n) is 6.19. The van der Waals surface area contributed by atoms with Gasteiger partial charge < -0.3 is 10.1 Å². The first-order chi connectivity index (χ1) is 8.70. The van der Waals surface area contributed by atoms with E-state index in [9.17, 15) is 10.1 Å². The summed E-state index contributed by atoms with van der Waals surface area (Å²) in [7, 11) is 1.95. The van der Waals surface area contributed by atoms with E-state index >= 15 is 0 Å². The van der Waals surface area contributed by atoms with Crippen LogP contribution in [-0.4, -0.2) is 31.2 Å². The molecule has 2 atom stereocenters. The van der Waals surface area contributed by atoms with Gasteiger partial charge in [0.1, 0.15) is 0 Å². The molecule has 18 heavy (non-hydrogen) atoms. The molecule has 2 unspecified atom stereocenters. The Hall–Kier alpha value is -1.46. The van der Waals surface area contributed by atoms with E-state index in [0.717, 1.165) is 31.6 Å². The van der Waals surface area contributed by atoms with Gasteiger partial charge in [0.25, 0.3) is 5.69 Å². The second-order valence-corrected chi connectivity index (χ2v) is 4.65. The lowest BCUT2D eigenvalue weighted by Crippen LogP contribution is -2.35. The minimum absolute atomic E-state index is 0.143. The molecule has 1 fully saturated rings. The number of nitro groups is 1. The highest BCUT2D eigenvalue weighted by Gasteiger charge is 2.24. The SMILES string of the molecule is CNC(Cc1ccc([N+](=O)[O-])cc1)C1CCOC1. The Labute approximate surface area is 106 Å². The molecule has 0 amide bonds. The number of nitrogens with zero attached hydrogens (tertiary/aromatic N) is 1. The first kappa shape index (κ1) is 13.0. The van der Waals surface area contributed by atoms with E-state index in [2.05, 4.69) is 5.32 Å². The van der Waals surface area contributed by atoms with Crippen molar-refractivity contribution in [1.29, 1.82) is 0 Å². The largest absolute Gasteiger partial charge is 0.381 e. The first-order valence-corrected chi connectivity index (χ1v) is 6.19. The van der Waals surface area contributed by atoms with Gasteiger partial charge in [-0.2, -0.15) is 0 Å². The lowest BCUT2D eigenvalue weighted by atomic mass is 9.93. The van der Waals surface area contributed by atoms with Gasteiger partial charge in [0, 0.05) is 30.7 Å². The predicted octanol–water partition coefficient (Wildman–Crippen LogP) is 1.76. The molecule has 0 aliphatic carbocycles. The maximum Gasteiger partial charge on any atom is 0.269 e. The molecular weight excluding hydrogens is 232 g/mol. The summed E-state index contributed by atoms with van der Waals surface area (Å²) in [6, 6.07) is 7.16. The number of nitrogens with one attached hydrogen (secondary N) is 1. The zero-order valence-corrected chi connectivity index (χ0v) is 10.5. The second-order valence-electron chi connectivity index (χ2n) is 4.65. The molecule has 5 nitrogen and oxygen atoms in total. The molecular formula is C13H18N2O3. The number of nitro benzene ring substituents is 1. The minimum atomic E-state index is -0.371. The Bertz CT molecular complexity index is 399. The third-order valence-electron chi connectivity index (χ3n) is 3.51. The van der Waals surface area contributed by atoms with Crippen LogP contribution in [0.2, 0.25) is 0 Å². The van der Waals surface area contributed by atoms with Gasteiger partial charge in [-0.1, -0.05) is 12.1 Å². The molecule has 0 saturated carbocycles. The molecule has 0 aromatic heterocycles. The number of rotatable bonds is 5. The molecule has 0 spiro atoms. The van der Waals surface area contributed by atoms with Gasteiger partial charge in [0.2, 0.25) is 0 Å². The van der Waals surface area contributed by atoms with Crippen molar-refractivity contribution in [3.63, 3.8) is 0 Å². The third-order valence-corrected chi connectivity index (χ3v) is 3.51. The topological polar surface area (TPSA) is 64.4 Å². The quantitative estimate of drug-likeness (QED) is 0.639. The van der Waals surface area contributed by atoms with Crippen LogP contribution >= 0.6 is 0 Å². The molecule has 1 heterocycles. The number of likely N-dealkylation sites (N-methyl/N-ethyl adjacent to an activating group) is 1. The van der Waals surface area contributed by atoms with E-state index in [4.69, 9.17) is 4.74 Å². The van der Waals surface area contributed by atoms with Gasteiger partial charge in [-0.05, 0) is 25.5 Å². The van der Waals surface area contributed by atoms with Crippen molar-refractivity contribution in [2.45, 2.75) is 18.9 Å². The summed E-state index contributed by atoms with van der Waals surface area (Å²) < 4.78 is 5.40. The van der Waals surface area contributed by atoms with Crippen LogP contribution in [0.1, 0.15) is 12.0 Å². The maximum atomic E-state index is 10.6. The van der Waals surface area contributed by atoms with Crippen LogP contribution in [0.3, 0.4) is 0 Å². The third kappa shape index (κ3) is 3.05. The minimum Gasteiger partial charge on any atom is -0.381 e. The fourth-order valence-corrected chi connectivity index (χ4v) is 2.38. The number of non-ortho nitro benzene ring substituents is 1. The smallest absolute Gasteiger partial charge is 0.269 e. The summed E-state index contributed by atoms with van der Waals surface area (Å²) in [5.41, 5.74) is 1.26. The fraction of sp³-hybridized carbons (Fsp3) is 0.538. The van der Waals surface area contributed by atoms with Gasteiger partial charge in [-0.15, -0.1) is 0 Å². The molecule has 0 bridgehead atoms. The summed E-state index contributed by atoms with van der Waals surface area (Å²) in [4.78, 5) is 10.2. The molecule has 98 valence electrons. The summed E-state index contributed by atoms with van der Waals surface area (Å²) in [6.07, 6.45) is 1.96. The molecule has 1 aliphatic heterocycles. The summed E-state index contributed by atoms with van der Waals surface area (Å²) in [5.74, 6) is 0.533. The van der Waals surface area contributed by atoms with Gasteiger partial charge in [-0.25, -0.2) is 0 Å². The zero-order valence-electron chi connectivity index (χ0n) is 10.5. The number of hydrogen-bond donors (Lipinski definition) is 1. The lowest BCUT2D eigenvalue weighted by molar-refractivity contribution is -0.384. The Morgan fingerprint density at radius 1 is 1.50 bits per heavy atom. The fourth-order valence-electron chi connectivity index (χ4n) is 2.38. The number of benzene rings is 1. The average Bonchev–Trinajstić information content (AvgIpc) is 2.90. The van der Waals surface area contributed by atoms with Crippen molar-refractivity contribution in [2.75, 3.05) is 20.3 Å². The summed E-state index contributed by atoms with van der Waals surface area (Å²) in [6.45, 7) is 1.64. The van der Waals surface area contributed by atoms with Crippen molar-refractivity contribution >= 4 is 5.69 Å². The van der Waals surface area contributed by atoms with E-state index in [0.29, 0.717) is 12.0 Å². The normalized spacial score (nSPS) is 20.8. The van der Waals surface area contributed by atoms with E-state index in [-0.39, 0.29) is 10.6 Å². The van der Waals surface area contributed by atoms with Gasteiger partial charge in [0.15, 0.2) is 0 Å². The van der Waals surface area contributed by atoms with Gasteiger partial charge >= 0.3 is 0 Å². The Morgan fingerprint density at radius 2 is 2.22 bits per heavy atom. The lowest BCUT2D eigenvalue weighted by Gasteiger charge is -2.21. The molecule has 1 aromatic rings. The second kappa shape index (κ2) is 5.93. The number of hydrogen-bond acceptors (Lipinski definition) is 4. The van der Waals surface area contributed by atoms with Crippen LogP contribution in [0.25, 0.3) is 0 Å². The maximum absolute atomic E-state index is 10.6. The van der Waals surface area contributed by atoms with Crippen LogP contribution < -0.4 is 5.32 Å². The Kier molecular flexibility index (Phi) is 4.28.